The minimum atomic E-state index is -4.05. The van der Waals surface area contributed by atoms with Crippen LogP contribution >= 0.6 is 0 Å². The zero-order valence-electron chi connectivity index (χ0n) is 27.9. The van der Waals surface area contributed by atoms with Crippen LogP contribution < -0.4 is 14.8 Å². The molecule has 0 unspecified atom stereocenters. The van der Waals surface area contributed by atoms with E-state index >= 15 is 0 Å². The van der Waals surface area contributed by atoms with Crippen LogP contribution in [-0.4, -0.2) is 96.4 Å². The molecular weight excluding hydrogens is 643 g/mol. The summed E-state index contributed by atoms with van der Waals surface area (Å²) in [5, 5.41) is 12.8. The number of hydrogen-bond acceptors (Lipinski definition) is 8. The minimum absolute atomic E-state index is 0.126. The van der Waals surface area contributed by atoms with Gasteiger partial charge in [-0.2, -0.15) is 8.42 Å². The van der Waals surface area contributed by atoms with E-state index in [1.807, 2.05) is 13.8 Å². The number of rotatable bonds is 8. The lowest BCUT2D eigenvalue weighted by atomic mass is 10.0. The number of hydrogen-bond donors (Lipinski definition) is 3. The Hall–Kier alpha value is -4.21. The van der Waals surface area contributed by atoms with Crippen molar-refractivity contribution >= 4 is 33.3 Å². The molecule has 4 rings (SSSR count). The van der Waals surface area contributed by atoms with E-state index in [0.29, 0.717) is 18.7 Å². The van der Waals surface area contributed by atoms with Gasteiger partial charge in [-0.15, -0.1) is 0 Å². The van der Waals surface area contributed by atoms with Crippen molar-refractivity contribution in [3.63, 3.8) is 0 Å². The number of ether oxygens (including phenoxy) is 2. The van der Waals surface area contributed by atoms with Gasteiger partial charge in [-0.1, -0.05) is 6.92 Å². The van der Waals surface area contributed by atoms with E-state index in [4.69, 9.17) is 9.47 Å². The van der Waals surface area contributed by atoms with Crippen molar-refractivity contribution < 1.29 is 37.0 Å². The van der Waals surface area contributed by atoms with Gasteiger partial charge in [-0.05, 0) is 75.6 Å². The molecule has 3 amide bonds. The van der Waals surface area contributed by atoms with Crippen molar-refractivity contribution in [3.05, 3.63) is 66.4 Å². The maximum absolute atomic E-state index is 14.3. The molecule has 2 heterocycles. The van der Waals surface area contributed by atoms with Crippen molar-refractivity contribution in [1.29, 1.82) is 0 Å². The normalized spacial score (nSPS) is 20.2. The van der Waals surface area contributed by atoms with Gasteiger partial charge in [0, 0.05) is 57.3 Å². The standard InChI is InChI=1S/C33H45FN6O7S/c1-22-17-40(23(2)20-41)32(42)28-16-27(37-48(44,45)31-19-38(4)21-35-31)13-14-29(28)47-24(3)8-6-7-15-46-30(22)18-39(5)33(43)36-26-11-9-25(34)10-12-26/h9-14,16,19,21-24,30,37,41H,6-8,15,17-18,20H2,1-5H3,(H,36,43)/t22-,23-,24-,30+/m0/s1. The van der Waals surface area contributed by atoms with Crippen LogP contribution in [-0.2, 0) is 21.8 Å². The molecule has 1 aromatic heterocycles. The first-order valence-corrected chi connectivity index (χ1v) is 17.4. The SMILES string of the molecule is C[C@H]1CCCCO[C@H](CN(C)C(=O)Nc2ccc(F)cc2)[C@@H](C)CN([C@@H](C)CO)C(=O)c2cc(NS(=O)(=O)c3cn(C)cn3)ccc2O1. The summed E-state index contributed by atoms with van der Waals surface area (Å²) in [4.78, 5) is 34.2. The van der Waals surface area contributed by atoms with Crippen molar-refractivity contribution in [2.45, 2.75) is 63.3 Å². The van der Waals surface area contributed by atoms with E-state index in [1.165, 1.54) is 63.3 Å². The van der Waals surface area contributed by atoms with Gasteiger partial charge in [-0.3, -0.25) is 9.52 Å². The smallest absolute Gasteiger partial charge is 0.321 e. The molecule has 262 valence electrons. The molecule has 13 nitrogen and oxygen atoms in total. The Labute approximate surface area is 281 Å². The molecule has 2 aromatic carbocycles. The topological polar surface area (TPSA) is 155 Å². The molecule has 1 aliphatic rings. The third kappa shape index (κ3) is 9.67. The van der Waals surface area contributed by atoms with E-state index in [1.54, 1.807) is 27.1 Å². The molecule has 3 N–H and O–H groups in total. The zero-order chi connectivity index (χ0) is 35.0. The number of sulfonamides is 1. The Kier molecular flexibility index (Phi) is 12.4. The highest BCUT2D eigenvalue weighted by atomic mass is 32.2. The molecule has 0 radical (unpaired) electrons. The molecule has 0 saturated carbocycles. The van der Waals surface area contributed by atoms with Crippen LogP contribution in [0.1, 0.15) is 50.4 Å². The monoisotopic (exact) mass is 688 g/mol. The summed E-state index contributed by atoms with van der Waals surface area (Å²) >= 11 is 0. The van der Waals surface area contributed by atoms with Crippen LogP contribution in [0, 0.1) is 11.7 Å². The van der Waals surface area contributed by atoms with Crippen molar-refractivity contribution in [1.82, 2.24) is 19.4 Å². The Morgan fingerprint density at radius 3 is 2.54 bits per heavy atom. The van der Waals surface area contributed by atoms with Crippen LogP contribution in [0.15, 0.2) is 60.0 Å². The largest absolute Gasteiger partial charge is 0.490 e. The quantitative estimate of drug-likeness (QED) is 0.316. The van der Waals surface area contributed by atoms with Gasteiger partial charge in [-0.25, -0.2) is 14.2 Å². The fourth-order valence-electron chi connectivity index (χ4n) is 5.29. The predicted molar refractivity (Wildman–Crippen MR) is 179 cm³/mol. The summed E-state index contributed by atoms with van der Waals surface area (Å²) in [5.74, 6) is -0.896. The number of amides is 3. The molecule has 0 spiro atoms. The summed E-state index contributed by atoms with van der Waals surface area (Å²) in [6, 6.07) is 8.96. The number of imidazole rings is 1. The lowest BCUT2D eigenvalue weighted by Crippen LogP contribution is -2.48. The van der Waals surface area contributed by atoms with E-state index in [0.717, 1.165) is 12.8 Å². The summed E-state index contributed by atoms with van der Waals surface area (Å²) in [6.45, 7) is 5.95. The maximum atomic E-state index is 14.3. The maximum Gasteiger partial charge on any atom is 0.321 e. The van der Waals surface area contributed by atoms with Crippen LogP contribution in [0.4, 0.5) is 20.6 Å². The summed E-state index contributed by atoms with van der Waals surface area (Å²) in [5.41, 5.74) is 0.712. The number of anilines is 2. The number of aliphatic hydroxyl groups excluding tert-OH is 1. The van der Waals surface area contributed by atoms with Gasteiger partial charge in [0.25, 0.3) is 15.9 Å². The van der Waals surface area contributed by atoms with E-state index < -0.39 is 39.9 Å². The number of aliphatic hydroxyl groups is 1. The van der Waals surface area contributed by atoms with Crippen molar-refractivity contribution in [2.75, 3.05) is 43.4 Å². The molecule has 4 atom stereocenters. The Balaban J connectivity index is 1.62. The number of aryl methyl sites for hydroxylation is 1. The van der Waals surface area contributed by atoms with Gasteiger partial charge in [0.1, 0.15) is 11.6 Å². The molecule has 1 aliphatic heterocycles. The second-order valence-corrected chi connectivity index (χ2v) is 13.9. The molecule has 0 fully saturated rings. The summed E-state index contributed by atoms with van der Waals surface area (Å²) in [6.07, 6.45) is 4.17. The predicted octanol–water partition coefficient (Wildman–Crippen LogP) is 4.32. The fraction of sp³-hybridized carbons (Fsp3) is 0.485. The molecule has 15 heteroatoms. The number of aromatic nitrogens is 2. The van der Waals surface area contributed by atoms with Crippen molar-refractivity contribution in [2.24, 2.45) is 13.0 Å². The lowest BCUT2D eigenvalue weighted by Gasteiger charge is -2.35. The number of nitrogens with one attached hydrogen (secondary N) is 2. The number of carbonyl (C=O) groups is 2. The average molecular weight is 689 g/mol. The van der Waals surface area contributed by atoms with Gasteiger partial charge in [0.15, 0.2) is 5.03 Å². The molecule has 0 saturated heterocycles. The zero-order valence-corrected chi connectivity index (χ0v) is 28.7. The van der Waals surface area contributed by atoms with Crippen LogP contribution in [0.3, 0.4) is 0 Å². The number of fused-ring (bicyclic) bond motifs is 1. The van der Waals surface area contributed by atoms with Crippen LogP contribution in [0.5, 0.6) is 5.75 Å². The Morgan fingerprint density at radius 2 is 1.88 bits per heavy atom. The fourth-order valence-corrected chi connectivity index (χ4v) is 6.32. The van der Waals surface area contributed by atoms with Gasteiger partial charge in [0.05, 0.1) is 36.7 Å². The average Bonchev–Trinajstić information content (AvgIpc) is 3.50. The second-order valence-electron chi connectivity index (χ2n) is 12.3. The van der Waals surface area contributed by atoms with Crippen LogP contribution in [0.25, 0.3) is 0 Å². The molecule has 0 bridgehead atoms. The number of urea groups is 1. The lowest BCUT2D eigenvalue weighted by molar-refractivity contribution is -0.0115. The van der Waals surface area contributed by atoms with Gasteiger partial charge in [0.2, 0.25) is 0 Å². The molecular formula is C33H45FN6O7S. The Bertz CT molecular complexity index is 1650. The minimum Gasteiger partial charge on any atom is -0.490 e. The number of halogens is 1. The van der Waals surface area contributed by atoms with Gasteiger partial charge < -0.3 is 34.3 Å². The molecule has 48 heavy (non-hydrogen) atoms. The number of benzene rings is 2. The van der Waals surface area contributed by atoms with E-state index in [9.17, 15) is 27.5 Å². The highest BCUT2D eigenvalue weighted by Crippen LogP contribution is 2.29. The first kappa shape index (κ1) is 36.6. The van der Waals surface area contributed by atoms with Crippen molar-refractivity contribution in [3.8, 4) is 5.75 Å². The second kappa shape index (κ2) is 16.3. The number of likely N-dealkylation sites (N-methyl/N-ethyl adjacent to an activating group) is 1. The first-order valence-electron chi connectivity index (χ1n) is 15.9. The highest BCUT2D eigenvalue weighted by molar-refractivity contribution is 7.92. The molecule has 0 aliphatic carbocycles. The summed E-state index contributed by atoms with van der Waals surface area (Å²) in [7, 11) is -0.762. The van der Waals surface area contributed by atoms with Gasteiger partial charge >= 0.3 is 6.03 Å². The molecule has 3 aromatic rings. The first-order chi connectivity index (χ1) is 22.8. The number of carbonyl (C=O) groups excluding carboxylic acids is 2. The third-order valence-electron chi connectivity index (χ3n) is 8.16. The van der Waals surface area contributed by atoms with Crippen LogP contribution in [0.2, 0.25) is 0 Å². The Morgan fingerprint density at radius 1 is 1.17 bits per heavy atom. The summed E-state index contributed by atoms with van der Waals surface area (Å²) < 4.78 is 56.0. The third-order valence-corrected chi connectivity index (χ3v) is 9.42. The number of nitrogens with zero attached hydrogens (tertiary/aromatic N) is 4. The highest BCUT2D eigenvalue weighted by Gasteiger charge is 2.31. The van der Waals surface area contributed by atoms with E-state index in [-0.39, 0.29) is 53.7 Å². The van der Waals surface area contributed by atoms with E-state index in [2.05, 4.69) is 15.0 Å².